The SMILES string of the molecule is Cc1cn(-c2ccc(-c3cn([C@H]4CCc5cc(Cl)ccc5N(CC(F)(F)F)C4=O)nn3)cc2)cn1. The molecule has 0 spiro atoms. The molecular formula is C24H20ClF3N6O. The van der Waals surface area contributed by atoms with E-state index in [9.17, 15) is 18.0 Å². The number of alkyl halides is 3. The van der Waals surface area contributed by atoms with Gasteiger partial charge < -0.3 is 9.47 Å². The van der Waals surface area contributed by atoms with E-state index >= 15 is 0 Å². The van der Waals surface area contributed by atoms with Crippen LogP contribution in [0.15, 0.2) is 61.2 Å². The summed E-state index contributed by atoms with van der Waals surface area (Å²) in [5.41, 5.74) is 3.89. The third kappa shape index (κ3) is 4.79. The Morgan fingerprint density at radius 3 is 2.57 bits per heavy atom. The Labute approximate surface area is 203 Å². The van der Waals surface area contributed by atoms with E-state index in [-0.39, 0.29) is 12.1 Å². The number of rotatable bonds is 4. The highest BCUT2D eigenvalue weighted by atomic mass is 35.5. The second kappa shape index (κ2) is 8.84. The van der Waals surface area contributed by atoms with E-state index in [0.29, 0.717) is 22.7 Å². The van der Waals surface area contributed by atoms with Crippen LogP contribution in [-0.4, -0.2) is 43.2 Å². The first-order chi connectivity index (χ1) is 16.7. The standard InChI is InChI=1S/C24H20ClF3N6O/c1-15-11-32(14-29-15)19-6-2-16(3-7-19)20-12-34(31-30-20)22-8-4-17-10-18(25)5-9-21(17)33(23(22)35)13-24(26,27)28/h2-3,5-7,9-12,14,22H,4,8,13H2,1H3/t22-/m0/s1. The first-order valence-corrected chi connectivity index (χ1v) is 11.3. The largest absolute Gasteiger partial charge is 0.406 e. The molecule has 0 unspecified atom stereocenters. The minimum absolute atomic E-state index is 0.213. The first kappa shape index (κ1) is 23.1. The summed E-state index contributed by atoms with van der Waals surface area (Å²) in [6.07, 6.45) is 1.28. The molecule has 2 aromatic carbocycles. The number of halogens is 4. The van der Waals surface area contributed by atoms with Crippen LogP contribution in [0.5, 0.6) is 0 Å². The maximum absolute atomic E-state index is 13.4. The molecule has 0 saturated heterocycles. The van der Waals surface area contributed by atoms with Gasteiger partial charge in [-0.25, -0.2) is 9.67 Å². The number of aromatic nitrogens is 5. The van der Waals surface area contributed by atoms with E-state index in [1.165, 1.54) is 16.8 Å². The van der Waals surface area contributed by atoms with Gasteiger partial charge in [0.05, 0.1) is 18.2 Å². The van der Waals surface area contributed by atoms with Crippen molar-refractivity contribution in [2.75, 3.05) is 11.4 Å². The lowest BCUT2D eigenvalue weighted by Gasteiger charge is -2.26. The number of amides is 1. The molecule has 1 atom stereocenters. The van der Waals surface area contributed by atoms with Gasteiger partial charge in [0.15, 0.2) is 0 Å². The number of aryl methyl sites for hydroxylation is 2. The maximum atomic E-state index is 13.4. The lowest BCUT2D eigenvalue weighted by Crippen LogP contribution is -2.42. The summed E-state index contributed by atoms with van der Waals surface area (Å²) in [4.78, 5) is 18.3. The Hall–Kier alpha value is -3.66. The number of benzene rings is 2. The van der Waals surface area contributed by atoms with Gasteiger partial charge in [0.25, 0.3) is 5.91 Å². The number of hydrogen-bond donors (Lipinski definition) is 0. The van der Waals surface area contributed by atoms with Gasteiger partial charge in [-0.2, -0.15) is 13.2 Å². The van der Waals surface area contributed by atoms with Gasteiger partial charge in [0.1, 0.15) is 18.3 Å². The average molecular weight is 501 g/mol. The fourth-order valence-corrected chi connectivity index (χ4v) is 4.44. The molecule has 0 saturated carbocycles. The van der Waals surface area contributed by atoms with E-state index in [1.54, 1.807) is 18.6 Å². The second-order valence-corrected chi connectivity index (χ2v) is 8.86. The molecule has 1 aliphatic heterocycles. The molecule has 0 N–H and O–H groups in total. The summed E-state index contributed by atoms with van der Waals surface area (Å²) in [5.74, 6) is -0.689. The van der Waals surface area contributed by atoms with Crippen molar-refractivity contribution >= 4 is 23.2 Å². The van der Waals surface area contributed by atoms with Gasteiger partial charge >= 0.3 is 6.18 Å². The van der Waals surface area contributed by atoms with Gasteiger partial charge in [-0.05, 0) is 55.7 Å². The predicted molar refractivity (Wildman–Crippen MR) is 125 cm³/mol. The Balaban J connectivity index is 1.43. The molecule has 3 heterocycles. The highest BCUT2D eigenvalue weighted by Crippen LogP contribution is 2.35. The average Bonchev–Trinajstić information content (AvgIpc) is 3.44. The third-order valence-electron chi connectivity index (χ3n) is 5.91. The zero-order valence-electron chi connectivity index (χ0n) is 18.6. The number of fused-ring (bicyclic) bond motifs is 1. The molecule has 0 aliphatic carbocycles. The third-order valence-corrected chi connectivity index (χ3v) is 6.15. The van der Waals surface area contributed by atoms with Crippen molar-refractivity contribution in [1.82, 2.24) is 24.5 Å². The lowest BCUT2D eigenvalue weighted by molar-refractivity contribution is -0.134. The molecule has 1 amide bonds. The molecule has 0 radical (unpaired) electrons. The molecule has 1 aliphatic rings. The van der Waals surface area contributed by atoms with Crippen molar-refractivity contribution < 1.29 is 18.0 Å². The van der Waals surface area contributed by atoms with Crippen molar-refractivity contribution in [1.29, 1.82) is 0 Å². The van der Waals surface area contributed by atoms with E-state index in [2.05, 4.69) is 15.3 Å². The van der Waals surface area contributed by atoms with Crippen molar-refractivity contribution in [3.05, 3.63) is 77.5 Å². The monoisotopic (exact) mass is 500 g/mol. The van der Waals surface area contributed by atoms with Gasteiger partial charge in [0.2, 0.25) is 0 Å². The Morgan fingerprint density at radius 1 is 1.11 bits per heavy atom. The minimum Gasteiger partial charge on any atom is -0.306 e. The summed E-state index contributed by atoms with van der Waals surface area (Å²) >= 11 is 6.06. The normalized spacial score (nSPS) is 16.3. The second-order valence-electron chi connectivity index (χ2n) is 8.42. The van der Waals surface area contributed by atoms with E-state index in [1.807, 2.05) is 42.0 Å². The number of carbonyl (C=O) groups excluding carboxylic acids is 1. The number of hydrogen-bond acceptors (Lipinski definition) is 4. The van der Waals surface area contributed by atoms with Crippen molar-refractivity contribution in [3.8, 4) is 16.9 Å². The highest BCUT2D eigenvalue weighted by Gasteiger charge is 2.39. The van der Waals surface area contributed by atoms with Crippen LogP contribution in [0.2, 0.25) is 5.02 Å². The Bertz CT molecular complexity index is 1380. The van der Waals surface area contributed by atoms with Gasteiger partial charge in [-0.3, -0.25) is 4.79 Å². The van der Waals surface area contributed by atoms with Crippen LogP contribution in [0.3, 0.4) is 0 Å². The maximum Gasteiger partial charge on any atom is 0.406 e. The molecular weight excluding hydrogens is 481 g/mol. The number of imidazole rings is 1. The first-order valence-electron chi connectivity index (χ1n) is 10.9. The predicted octanol–water partition coefficient (Wildman–Crippen LogP) is 5.18. The summed E-state index contributed by atoms with van der Waals surface area (Å²) in [6.45, 7) is 0.509. The number of carbonyl (C=O) groups is 1. The molecule has 0 fully saturated rings. The molecule has 11 heteroatoms. The highest BCUT2D eigenvalue weighted by molar-refractivity contribution is 6.30. The molecule has 0 bridgehead atoms. The van der Waals surface area contributed by atoms with Crippen molar-refractivity contribution in [2.45, 2.75) is 32.0 Å². The fraction of sp³-hybridized carbons (Fsp3) is 0.250. The summed E-state index contributed by atoms with van der Waals surface area (Å²) in [6, 6.07) is 11.1. The number of nitrogens with zero attached hydrogens (tertiary/aromatic N) is 6. The Morgan fingerprint density at radius 2 is 1.89 bits per heavy atom. The lowest BCUT2D eigenvalue weighted by atomic mass is 10.1. The number of anilines is 1. The quantitative estimate of drug-likeness (QED) is 0.387. The zero-order chi connectivity index (χ0) is 24.7. The molecule has 35 heavy (non-hydrogen) atoms. The minimum atomic E-state index is -4.56. The van der Waals surface area contributed by atoms with E-state index in [0.717, 1.165) is 21.8 Å². The molecule has 4 aromatic rings. The summed E-state index contributed by atoms with van der Waals surface area (Å²) in [7, 11) is 0. The van der Waals surface area contributed by atoms with Crippen LogP contribution < -0.4 is 4.90 Å². The van der Waals surface area contributed by atoms with Crippen LogP contribution in [0.25, 0.3) is 16.9 Å². The van der Waals surface area contributed by atoms with Crippen LogP contribution in [0, 0.1) is 6.92 Å². The van der Waals surface area contributed by atoms with E-state index in [4.69, 9.17) is 11.6 Å². The van der Waals surface area contributed by atoms with Gasteiger partial charge in [-0.1, -0.05) is 28.9 Å². The smallest absolute Gasteiger partial charge is 0.306 e. The van der Waals surface area contributed by atoms with Crippen LogP contribution in [0.1, 0.15) is 23.7 Å². The van der Waals surface area contributed by atoms with Crippen molar-refractivity contribution in [3.63, 3.8) is 0 Å². The zero-order valence-corrected chi connectivity index (χ0v) is 19.3. The molecule has 180 valence electrons. The van der Waals surface area contributed by atoms with Crippen LogP contribution in [0.4, 0.5) is 18.9 Å². The summed E-state index contributed by atoms with van der Waals surface area (Å²) in [5, 5.41) is 8.68. The van der Waals surface area contributed by atoms with E-state index < -0.39 is 24.7 Å². The van der Waals surface area contributed by atoms with Crippen molar-refractivity contribution in [2.24, 2.45) is 0 Å². The molecule has 2 aromatic heterocycles. The Kier molecular flexibility index (Phi) is 5.84. The van der Waals surface area contributed by atoms with Crippen LogP contribution in [-0.2, 0) is 11.2 Å². The molecule has 5 rings (SSSR count). The van der Waals surface area contributed by atoms with Gasteiger partial charge in [0, 0.05) is 28.2 Å². The fourth-order valence-electron chi connectivity index (χ4n) is 4.25. The van der Waals surface area contributed by atoms with Crippen LogP contribution >= 0.6 is 11.6 Å². The van der Waals surface area contributed by atoms with Gasteiger partial charge in [-0.15, -0.1) is 5.10 Å². The molecule has 7 nitrogen and oxygen atoms in total. The summed E-state index contributed by atoms with van der Waals surface area (Å²) < 4.78 is 43.3. The topological polar surface area (TPSA) is 68.8 Å².